The summed E-state index contributed by atoms with van der Waals surface area (Å²) in [6.07, 6.45) is -4.25. The van der Waals surface area contributed by atoms with Gasteiger partial charge in [0.25, 0.3) is 0 Å². The van der Waals surface area contributed by atoms with Gasteiger partial charge in [0.15, 0.2) is 0 Å². The normalized spacial score (nSPS) is 14.0. The van der Waals surface area contributed by atoms with E-state index in [1.54, 1.807) is 11.8 Å². The number of hydrogen-bond donors (Lipinski definition) is 0. The lowest BCUT2D eigenvalue weighted by atomic mass is 10.0. The van der Waals surface area contributed by atoms with Gasteiger partial charge in [-0.05, 0) is 48.2 Å². The van der Waals surface area contributed by atoms with Crippen molar-refractivity contribution in [1.29, 1.82) is 0 Å². The minimum absolute atomic E-state index is 0.344. The zero-order chi connectivity index (χ0) is 16.8. The maximum atomic E-state index is 13.1. The second-order valence-electron chi connectivity index (χ2n) is 6.16. The van der Waals surface area contributed by atoms with Gasteiger partial charge in [-0.3, -0.25) is 0 Å². The molecule has 1 aliphatic rings. The van der Waals surface area contributed by atoms with Crippen LogP contribution in [0, 0.1) is 6.92 Å². The van der Waals surface area contributed by atoms with Crippen molar-refractivity contribution in [1.82, 2.24) is 0 Å². The molecule has 23 heavy (non-hydrogen) atoms. The Morgan fingerprint density at radius 3 is 2.39 bits per heavy atom. The van der Waals surface area contributed by atoms with Crippen LogP contribution >= 0.6 is 11.8 Å². The minimum Gasteiger partial charge on any atom is -0.330 e. The molecule has 122 valence electrons. The van der Waals surface area contributed by atoms with Crippen LogP contribution in [-0.4, -0.2) is 12.7 Å². The standard InChI is InChI=1S/C18H18F3NS/c1-11(2)13-5-6-14-17(9-13)23-16-7-4-12(3)8-15(16)22(14)10-18(19,20)21/h4-9,11H,10H2,1-3H3. The van der Waals surface area contributed by atoms with Gasteiger partial charge in [0.1, 0.15) is 6.54 Å². The number of aryl methyl sites for hydroxylation is 1. The summed E-state index contributed by atoms with van der Waals surface area (Å²) in [5, 5.41) is 0. The first-order chi connectivity index (χ1) is 10.7. The van der Waals surface area contributed by atoms with Crippen LogP contribution in [0.5, 0.6) is 0 Å². The molecule has 0 radical (unpaired) electrons. The van der Waals surface area contributed by atoms with Crippen LogP contribution in [0.1, 0.15) is 30.9 Å². The molecule has 0 fully saturated rings. The van der Waals surface area contributed by atoms with Crippen molar-refractivity contribution in [2.24, 2.45) is 0 Å². The fourth-order valence-corrected chi connectivity index (χ4v) is 3.84. The van der Waals surface area contributed by atoms with Crippen molar-refractivity contribution >= 4 is 23.1 Å². The van der Waals surface area contributed by atoms with E-state index in [-0.39, 0.29) is 0 Å². The van der Waals surface area contributed by atoms with Crippen molar-refractivity contribution in [3.05, 3.63) is 47.5 Å². The third kappa shape index (κ3) is 3.34. The first-order valence-electron chi connectivity index (χ1n) is 7.51. The van der Waals surface area contributed by atoms with Crippen molar-refractivity contribution in [3.8, 4) is 0 Å². The number of alkyl halides is 3. The second kappa shape index (κ2) is 5.78. The Kier molecular flexibility index (Phi) is 4.08. The summed E-state index contributed by atoms with van der Waals surface area (Å²) in [7, 11) is 0. The predicted molar refractivity (Wildman–Crippen MR) is 88.9 cm³/mol. The van der Waals surface area contributed by atoms with Gasteiger partial charge >= 0.3 is 6.18 Å². The molecule has 1 nitrogen and oxygen atoms in total. The molecule has 0 amide bonds. The number of hydrogen-bond acceptors (Lipinski definition) is 2. The number of rotatable bonds is 2. The molecule has 0 unspecified atom stereocenters. The quantitative estimate of drug-likeness (QED) is 0.634. The van der Waals surface area contributed by atoms with E-state index in [2.05, 4.69) is 13.8 Å². The SMILES string of the molecule is Cc1ccc2c(c1)N(CC(F)(F)F)c1ccc(C(C)C)cc1S2. The fraction of sp³-hybridized carbons (Fsp3) is 0.333. The zero-order valence-electron chi connectivity index (χ0n) is 13.2. The van der Waals surface area contributed by atoms with Gasteiger partial charge in [-0.25, -0.2) is 0 Å². The molecule has 0 aliphatic carbocycles. The van der Waals surface area contributed by atoms with Crippen molar-refractivity contribution in [2.75, 3.05) is 11.4 Å². The number of halogens is 3. The summed E-state index contributed by atoms with van der Waals surface area (Å²) >= 11 is 1.54. The third-order valence-corrected chi connectivity index (χ3v) is 5.02. The highest BCUT2D eigenvalue weighted by molar-refractivity contribution is 7.99. The Bertz CT molecular complexity index is 738. The Morgan fingerprint density at radius 1 is 1.00 bits per heavy atom. The first kappa shape index (κ1) is 16.2. The molecule has 5 heteroatoms. The van der Waals surface area contributed by atoms with Gasteiger partial charge in [0.05, 0.1) is 11.4 Å². The maximum Gasteiger partial charge on any atom is 0.406 e. The van der Waals surface area contributed by atoms with Gasteiger partial charge in [-0.15, -0.1) is 0 Å². The first-order valence-corrected chi connectivity index (χ1v) is 8.33. The van der Waals surface area contributed by atoms with Crippen LogP contribution in [0.2, 0.25) is 0 Å². The molecule has 2 aromatic rings. The molecule has 1 aliphatic heterocycles. The highest BCUT2D eigenvalue weighted by Crippen LogP contribution is 2.49. The van der Waals surface area contributed by atoms with E-state index in [1.165, 1.54) is 4.90 Å². The maximum absolute atomic E-state index is 13.1. The average molecular weight is 337 g/mol. The summed E-state index contributed by atoms with van der Waals surface area (Å²) in [5.74, 6) is 0.344. The minimum atomic E-state index is -4.25. The summed E-state index contributed by atoms with van der Waals surface area (Å²) in [4.78, 5) is 3.14. The molecule has 0 atom stereocenters. The van der Waals surface area contributed by atoms with Crippen molar-refractivity contribution in [3.63, 3.8) is 0 Å². The smallest absolute Gasteiger partial charge is 0.330 e. The number of benzene rings is 2. The summed E-state index contributed by atoms with van der Waals surface area (Å²) in [5.41, 5.74) is 3.37. The molecule has 0 spiro atoms. The summed E-state index contributed by atoms with van der Waals surface area (Å²) in [6.45, 7) is 5.09. The summed E-state index contributed by atoms with van der Waals surface area (Å²) in [6, 6.07) is 11.4. The molecular weight excluding hydrogens is 319 g/mol. The highest BCUT2D eigenvalue weighted by Gasteiger charge is 2.35. The molecule has 0 N–H and O–H groups in total. The molecule has 0 bridgehead atoms. The van der Waals surface area contributed by atoms with E-state index in [0.717, 1.165) is 20.9 Å². The van der Waals surface area contributed by atoms with Crippen LogP contribution in [-0.2, 0) is 0 Å². The van der Waals surface area contributed by atoms with Crippen LogP contribution in [0.25, 0.3) is 0 Å². The molecule has 0 saturated carbocycles. The van der Waals surface area contributed by atoms with Gasteiger partial charge in [0, 0.05) is 9.79 Å². The van der Waals surface area contributed by atoms with Crippen LogP contribution in [0.3, 0.4) is 0 Å². The molecular formula is C18H18F3NS. The zero-order valence-corrected chi connectivity index (χ0v) is 14.1. The van der Waals surface area contributed by atoms with E-state index in [0.29, 0.717) is 17.3 Å². The topological polar surface area (TPSA) is 3.24 Å². The average Bonchev–Trinajstić information content (AvgIpc) is 2.45. The lowest BCUT2D eigenvalue weighted by Crippen LogP contribution is -2.32. The van der Waals surface area contributed by atoms with E-state index in [1.807, 2.05) is 43.3 Å². The number of fused-ring (bicyclic) bond motifs is 2. The molecule has 1 heterocycles. The number of nitrogens with zero attached hydrogens (tertiary/aromatic N) is 1. The van der Waals surface area contributed by atoms with Gasteiger partial charge in [-0.2, -0.15) is 13.2 Å². The summed E-state index contributed by atoms with van der Waals surface area (Å²) < 4.78 is 39.3. The molecule has 3 rings (SSSR count). The van der Waals surface area contributed by atoms with E-state index in [4.69, 9.17) is 0 Å². The molecule has 0 saturated heterocycles. The van der Waals surface area contributed by atoms with Gasteiger partial charge < -0.3 is 4.90 Å². The monoisotopic (exact) mass is 337 g/mol. The van der Waals surface area contributed by atoms with E-state index in [9.17, 15) is 13.2 Å². The van der Waals surface area contributed by atoms with Crippen LogP contribution in [0.15, 0.2) is 46.2 Å². The Balaban J connectivity index is 2.12. The fourth-order valence-electron chi connectivity index (χ4n) is 2.72. The number of anilines is 2. The van der Waals surface area contributed by atoms with Crippen molar-refractivity contribution in [2.45, 2.75) is 42.7 Å². The highest BCUT2D eigenvalue weighted by atomic mass is 32.2. The lowest BCUT2D eigenvalue weighted by molar-refractivity contribution is -0.118. The van der Waals surface area contributed by atoms with E-state index < -0.39 is 12.7 Å². The Labute approximate surface area is 138 Å². The molecule has 2 aromatic carbocycles. The largest absolute Gasteiger partial charge is 0.406 e. The molecule has 0 aromatic heterocycles. The second-order valence-corrected chi connectivity index (χ2v) is 7.24. The van der Waals surface area contributed by atoms with Gasteiger partial charge in [-0.1, -0.05) is 37.7 Å². The van der Waals surface area contributed by atoms with Crippen LogP contribution < -0.4 is 4.90 Å². The van der Waals surface area contributed by atoms with Gasteiger partial charge in [0.2, 0.25) is 0 Å². The van der Waals surface area contributed by atoms with E-state index >= 15 is 0 Å². The third-order valence-electron chi connectivity index (χ3n) is 3.90. The lowest BCUT2D eigenvalue weighted by Gasteiger charge is -2.34. The Morgan fingerprint density at radius 2 is 1.74 bits per heavy atom. The van der Waals surface area contributed by atoms with Crippen molar-refractivity contribution < 1.29 is 13.2 Å². The van der Waals surface area contributed by atoms with Crippen LogP contribution in [0.4, 0.5) is 24.5 Å². The Hall–Kier alpha value is -1.62. The predicted octanol–water partition coefficient (Wildman–Crippen LogP) is 6.28.